The molecule has 1 atom stereocenters. The second kappa shape index (κ2) is 7.69. The Kier molecular flexibility index (Phi) is 5.65. The molecular formula is C19H29NS. The Morgan fingerprint density at radius 3 is 2.52 bits per heavy atom. The maximum atomic E-state index is 3.75. The van der Waals surface area contributed by atoms with Gasteiger partial charge >= 0.3 is 0 Å². The molecule has 1 aromatic rings. The smallest absolute Gasteiger partial charge is 0.0414 e. The monoisotopic (exact) mass is 303 g/mol. The highest BCUT2D eigenvalue weighted by Gasteiger charge is 2.25. The fourth-order valence-electron chi connectivity index (χ4n) is 3.71. The van der Waals surface area contributed by atoms with Gasteiger partial charge in [0, 0.05) is 17.0 Å². The summed E-state index contributed by atoms with van der Waals surface area (Å²) >= 11 is 2.21. The average molecular weight is 304 g/mol. The molecule has 2 heteroatoms. The SMILES string of the molecule is CCNC(CSC1CCCC1)c1ccccc1C1CCC1. The molecule has 2 saturated carbocycles. The standard InChI is InChI=1S/C19H29NS/c1-2-20-19(14-21-16-10-3-4-11-16)18-13-6-5-12-17(18)15-8-7-9-15/h5-6,12-13,15-16,19-20H,2-4,7-11,14H2,1H3. The van der Waals surface area contributed by atoms with Gasteiger partial charge in [-0.2, -0.15) is 11.8 Å². The van der Waals surface area contributed by atoms with Crippen LogP contribution in [0.3, 0.4) is 0 Å². The van der Waals surface area contributed by atoms with Crippen LogP contribution in [-0.4, -0.2) is 17.5 Å². The van der Waals surface area contributed by atoms with Gasteiger partial charge in [-0.3, -0.25) is 0 Å². The molecule has 0 aromatic heterocycles. The van der Waals surface area contributed by atoms with Crippen molar-refractivity contribution in [1.29, 1.82) is 0 Å². The van der Waals surface area contributed by atoms with Gasteiger partial charge in [0.05, 0.1) is 0 Å². The van der Waals surface area contributed by atoms with E-state index in [4.69, 9.17) is 0 Å². The van der Waals surface area contributed by atoms with Gasteiger partial charge in [-0.15, -0.1) is 0 Å². The molecule has 3 rings (SSSR count). The number of thioether (sulfide) groups is 1. The van der Waals surface area contributed by atoms with Crippen molar-refractivity contribution in [2.24, 2.45) is 0 Å². The molecule has 116 valence electrons. The highest BCUT2D eigenvalue weighted by molar-refractivity contribution is 7.99. The third-order valence-corrected chi connectivity index (χ3v) is 6.64. The van der Waals surface area contributed by atoms with E-state index in [1.54, 1.807) is 11.1 Å². The number of hydrogen-bond acceptors (Lipinski definition) is 2. The molecule has 1 nitrogen and oxygen atoms in total. The number of hydrogen-bond donors (Lipinski definition) is 1. The Morgan fingerprint density at radius 2 is 1.86 bits per heavy atom. The van der Waals surface area contributed by atoms with Gasteiger partial charge in [-0.1, -0.05) is 50.5 Å². The average Bonchev–Trinajstić information content (AvgIpc) is 2.96. The van der Waals surface area contributed by atoms with E-state index in [1.165, 1.54) is 50.7 Å². The third kappa shape index (κ3) is 3.84. The van der Waals surface area contributed by atoms with E-state index in [0.717, 1.165) is 17.7 Å². The maximum absolute atomic E-state index is 3.75. The second-order valence-corrected chi connectivity index (χ2v) is 7.94. The molecule has 2 aliphatic carbocycles. The Bertz CT molecular complexity index is 435. The molecule has 2 fully saturated rings. The predicted octanol–water partition coefficient (Wildman–Crippen LogP) is 5.28. The Hall–Kier alpha value is -0.470. The molecule has 1 N–H and O–H groups in total. The van der Waals surface area contributed by atoms with Crippen LogP contribution in [0.15, 0.2) is 24.3 Å². The summed E-state index contributed by atoms with van der Waals surface area (Å²) in [7, 11) is 0. The lowest BCUT2D eigenvalue weighted by molar-refractivity contribution is 0.413. The van der Waals surface area contributed by atoms with Gasteiger partial charge in [0.15, 0.2) is 0 Å². The predicted molar refractivity (Wildman–Crippen MR) is 94.2 cm³/mol. The topological polar surface area (TPSA) is 12.0 Å². The summed E-state index contributed by atoms with van der Waals surface area (Å²) < 4.78 is 0. The largest absolute Gasteiger partial charge is 0.310 e. The van der Waals surface area contributed by atoms with Crippen molar-refractivity contribution >= 4 is 11.8 Å². The van der Waals surface area contributed by atoms with E-state index < -0.39 is 0 Å². The second-order valence-electron chi connectivity index (χ2n) is 6.61. The lowest BCUT2D eigenvalue weighted by atomic mass is 9.77. The van der Waals surface area contributed by atoms with Crippen LogP contribution in [0.25, 0.3) is 0 Å². The zero-order chi connectivity index (χ0) is 14.5. The summed E-state index contributed by atoms with van der Waals surface area (Å²) in [5.74, 6) is 2.07. The molecule has 1 unspecified atom stereocenters. The van der Waals surface area contributed by atoms with Crippen LogP contribution in [0.1, 0.15) is 75.0 Å². The molecule has 0 bridgehead atoms. The number of benzene rings is 1. The fraction of sp³-hybridized carbons (Fsp3) is 0.684. The summed E-state index contributed by atoms with van der Waals surface area (Å²) in [6.45, 7) is 3.30. The fourth-order valence-corrected chi connectivity index (χ4v) is 5.14. The van der Waals surface area contributed by atoms with Crippen LogP contribution in [0.5, 0.6) is 0 Å². The first-order valence-electron chi connectivity index (χ1n) is 8.82. The van der Waals surface area contributed by atoms with Gasteiger partial charge in [-0.05, 0) is 49.3 Å². The summed E-state index contributed by atoms with van der Waals surface area (Å²) in [4.78, 5) is 0. The van der Waals surface area contributed by atoms with Gasteiger partial charge < -0.3 is 5.32 Å². The summed E-state index contributed by atoms with van der Waals surface area (Å²) in [6.07, 6.45) is 9.98. The maximum Gasteiger partial charge on any atom is 0.0414 e. The molecule has 2 aliphatic rings. The molecule has 0 heterocycles. The zero-order valence-corrected chi connectivity index (χ0v) is 14.1. The Balaban J connectivity index is 1.69. The summed E-state index contributed by atoms with van der Waals surface area (Å²) in [5.41, 5.74) is 3.20. The normalized spacial score (nSPS) is 21.4. The molecule has 0 amide bonds. The van der Waals surface area contributed by atoms with E-state index in [9.17, 15) is 0 Å². The molecule has 0 aliphatic heterocycles. The molecule has 1 aromatic carbocycles. The van der Waals surface area contributed by atoms with E-state index in [-0.39, 0.29) is 0 Å². The van der Waals surface area contributed by atoms with E-state index >= 15 is 0 Å². The lowest BCUT2D eigenvalue weighted by Crippen LogP contribution is -2.26. The van der Waals surface area contributed by atoms with Crippen molar-refractivity contribution in [1.82, 2.24) is 5.32 Å². The molecule has 0 radical (unpaired) electrons. The van der Waals surface area contributed by atoms with Crippen LogP contribution in [0, 0.1) is 0 Å². The van der Waals surface area contributed by atoms with Gasteiger partial charge in [0.25, 0.3) is 0 Å². The zero-order valence-electron chi connectivity index (χ0n) is 13.3. The summed E-state index contributed by atoms with van der Waals surface area (Å²) in [5, 5.41) is 4.66. The van der Waals surface area contributed by atoms with Crippen LogP contribution in [-0.2, 0) is 0 Å². The molecule has 21 heavy (non-hydrogen) atoms. The van der Waals surface area contributed by atoms with Crippen LogP contribution < -0.4 is 5.32 Å². The van der Waals surface area contributed by atoms with Crippen molar-refractivity contribution in [3.05, 3.63) is 35.4 Å². The highest BCUT2D eigenvalue weighted by atomic mass is 32.2. The van der Waals surface area contributed by atoms with Crippen molar-refractivity contribution in [3.8, 4) is 0 Å². The first-order valence-corrected chi connectivity index (χ1v) is 9.87. The van der Waals surface area contributed by atoms with Crippen molar-refractivity contribution < 1.29 is 0 Å². The van der Waals surface area contributed by atoms with E-state index in [2.05, 4.69) is 48.3 Å². The third-order valence-electron chi connectivity index (χ3n) is 5.17. The van der Waals surface area contributed by atoms with Crippen LogP contribution >= 0.6 is 11.8 Å². The lowest BCUT2D eigenvalue weighted by Gasteiger charge is -2.31. The minimum absolute atomic E-state index is 0.539. The van der Waals surface area contributed by atoms with Crippen molar-refractivity contribution in [2.45, 2.75) is 69.1 Å². The molecular weight excluding hydrogens is 274 g/mol. The van der Waals surface area contributed by atoms with Gasteiger partial charge in [-0.25, -0.2) is 0 Å². The first kappa shape index (κ1) is 15.4. The van der Waals surface area contributed by atoms with E-state index in [1.807, 2.05) is 0 Å². The Morgan fingerprint density at radius 1 is 1.10 bits per heavy atom. The molecule has 0 saturated heterocycles. The quantitative estimate of drug-likeness (QED) is 0.735. The highest BCUT2D eigenvalue weighted by Crippen LogP contribution is 2.40. The van der Waals surface area contributed by atoms with Crippen molar-refractivity contribution in [3.63, 3.8) is 0 Å². The Labute approximate surface area is 134 Å². The van der Waals surface area contributed by atoms with E-state index in [0.29, 0.717) is 6.04 Å². The molecule has 0 spiro atoms. The van der Waals surface area contributed by atoms with Crippen LogP contribution in [0.2, 0.25) is 0 Å². The van der Waals surface area contributed by atoms with Crippen molar-refractivity contribution in [2.75, 3.05) is 12.3 Å². The number of nitrogens with one attached hydrogen (secondary N) is 1. The summed E-state index contributed by atoms with van der Waals surface area (Å²) in [6, 6.07) is 9.74. The minimum Gasteiger partial charge on any atom is -0.310 e. The first-order chi connectivity index (χ1) is 10.4. The van der Waals surface area contributed by atoms with Crippen LogP contribution in [0.4, 0.5) is 0 Å². The minimum atomic E-state index is 0.539. The van der Waals surface area contributed by atoms with Gasteiger partial charge in [0.2, 0.25) is 0 Å². The number of rotatable bonds is 7. The van der Waals surface area contributed by atoms with Gasteiger partial charge in [0.1, 0.15) is 0 Å².